The zero-order valence-corrected chi connectivity index (χ0v) is 16.5. The van der Waals surface area contributed by atoms with Crippen LogP contribution in [0.1, 0.15) is 12.5 Å². The standard InChI is InChI=1S/C19H32ClN5/c1-16(15-25-11-9-24(3)10-12-25)14-23-19(21-2)22-8-7-17-5-4-6-18(20)13-17/h4-6,13,16H,7-12,14-15H2,1-3H3,(H2,21,22,23). The Hall–Kier alpha value is -1.30. The minimum absolute atomic E-state index is 0.592. The molecule has 1 aromatic rings. The van der Waals surface area contributed by atoms with Gasteiger partial charge in [0.15, 0.2) is 5.96 Å². The second-order valence-electron chi connectivity index (χ2n) is 6.97. The lowest BCUT2D eigenvalue weighted by Crippen LogP contribution is -2.47. The molecule has 2 N–H and O–H groups in total. The van der Waals surface area contributed by atoms with Crippen LogP contribution in [0.2, 0.25) is 5.02 Å². The number of aliphatic imine (C=N–C) groups is 1. The Morgan fingerprint density at radius 1 is 1.24 bits per heavy atom. The molecule has 0 aromatic heterocycles. The Balaban J connectivity index is 1.64. The number of likely N-dealkylation sites (N-methyl/N-ethyl adjacent to an activating group) is 1. The van der Waals surface area contributed by atoms with Gasteiger partial charge in [0.1, 0.15) is 0 Å². The summed E-state index contributed by atoms with van der Waals surface area (Å²) in [5.74, 6) is 1.46. The van der Waals surface area contributed by atoms with Gasteiger partial charge < -0.3 is 20.4 Å². The van der Waals surface area contributed by atoms with Crippen molar-refractivity contribution in [2.75, 3.05) is 59.9 Å². The van der Waals surface area contributed by atoms with Gasteiger partial charge in [-0.25, -0.2) is 0 Å². The molecule has 6 heteroatoms. The Morgan fingerprint density at radius 2 is 2.00 bits per heavy atom. The Kier molecular flexibility index (Phi) is 8.52. The van der Waals surface area contributed by atoms with Crippen molar-refractivity contribution in [2.45, 2.75) is 13.3 Å². The fourth-order valence-electron chi connectivity index (χ4n) is 3.04. The van der Waals surface area contributed by atoms with Gasteiger partial charge >= 0.3 is 0 Å². The van der Waals surface area contributed by atoms with E-state index in [-0.39, 0.29) is 0 Å². The molecule has 5 nitrogen and oxygen atoms in total. The lowest BCUT2D eigenvalue weighted by atomic mass is 10.1. The summed E-state index contributed by atoms with van der Waals surface area (Å²) in [5.41, 5.74) is 1.24. The highest BCUT2D eigenvalue weighted by atomic mass is 35.5. The van der Waals surface area contributed by atoms with Crippen LogP contribution < -0.4 is 10.6 Å². The number of benzene rings is 1. The van der Waals surface area contributed by atoms with Gasteiger partial charge in [0.05, 0.1) is 0 Å². The van der Waals surface area contributed by atoms with E-state index in [0.717, 1.165) is 37.0 Å². The first-order valence-electron chi connectivity index (χ1n) is 9.16. The van der Waals surface area contributed by atoms with Gasteiger partial charge in [-0.2, -0.15) is 0 Å². The molecule has 0 saturated carbocycles. The molecule has 1 aliphatic rings. The molecule has 1 aromatic carbocycles. The van der Waals surface area contributed by atoms with Crippen molar-refractivity contribution < 1.29 is 0 Å². The van der Waals surface area contributed by atoms with E-state index in [1.807, 2.05) is 25.2 Å². The number of hydrogen-bond acceptors (Lipinski definition) is 3. The highest BCUT2D eigenvalue weighted by Gasteiger charge is 2.16. The molecule has 1 fully saturated rings. The molecule has 0 amide bonds. The van der Waals surface area contributed by atoms with Crippen molar-refractivity contribution in [1.82, 2.24) is 20.4 Å². The molecule has 0 aliphatic carbocycles. The van der Waals surface area contributed by atoms with E-state index in [9.17, 15) is 0 Å². The van der Waals surface area contributed by atoms with Gasteiger partial charge in [-0.05, 0) is 37.1 Å². The maximum atomic E-state index is 6.02. The van der Waals surface area contributed by atoms with Crippen molar-refractivity contribution in [3.8, 4) is 0 Å². The first kappa shape index (κ1) is 20.0. The summed E-state index contributed by atoms with van der Waals surface area (Å²) in [6.45, 7) is 9.90. The van der Waals surface area contributed by atoms with Crippen molar-refractivity contribution in [2.24, 2.45) is 10.9 Å². The summed E-state index contributed by atoms with van der Waals surface area (Å²) in [6.07, 6.45) is 0.929. The second kappa shape index (κ2) is 10.6. The summed E-state index contributed by atoms with van der Waals surface area (Å²) in [5, 5.41) is 7.61. The number of rotatable bonds is 7. The SMILES string of the molecule is CN=C(NCCc1cccc(Cl)c1)NCC(C)CN1CCN(C)CC1. The van der Waals surface area contributed by atoms with E-state index in [1.54, 1.807) is 0 Å². The van der Waals surface area contributed by atoms with Crippen molar-refractivity contribution in [1.29, 1.82) is 0 Å². The minimum atomic E-state index is 0.592. The van der Waals surface area contributed by atoms with Crippen LogP contribution in [0, 0.1) is 5.92 Å². The summed E-state index contributed by atoms with van der Waals surface area (Å²) < 4.78 is 0. The van der Waals surface area contributed by atoms with Crippen molar-refractivity contribution in [3.05, 3.63) is 34.9 Å². The van der Waals surface area contributed by atoms with Crippen LogP contribution in [0.4, 0.5) is 0 Å². The van der Waals surface area contributed by atoms with Crippen LogP contribution in [0.3, 0.4) is 0 Å². The fraction of sp³-hybridized carbons (Fsp3) is 0.632. The molecule has 1 saturated heterocycles. The third-order valence-electron chi connectivity index (χ3n) is 4.60. The molecule has 1 aliphatic heterocycles. The largest absolute Gasteiger partial charge is 0.356 e. The summed E-state index contributed by atoms with van der Waals surface area (Å²) in [4.78, 5) is 9.26. The van der Waals surface area contributed by atoms with Gasteiger partial charge in [0.25, 0.3) is 0 Å². The Bertz CT molecular complexity index is 540. The monoisotopic (exact) mass is 365 g/mol. The zero-order valence-electron chi connectivity index (χ0n) is 15.8. The first-order chi connectivity index (χ1) is 12.1. The predicted molar refractivity (Wildman–Crippen MR) is 108 cm³/mol. The third-order valence-corrected chi connectivity index (χ3v) is 4.84. The molecule has 0 spiro atoms. The van der Waals surface area contributed by atoms with Crippen molar-refractivity contribution >= 4 is 17.6 Å². The molecule has 25 heavy (non-hydrogen) atoms. The van der Waals surface area contributed by atoms with Gasteiger partial charge in [0.2, 0.25) is 0 Å². The predicted octanol–water partition coefficient (Wildman–Crippen LogP) is 1.93. The van der Waals surface area contributed by atoms with Crippen LogP contribution in [-0.4, -0.2) is 75.7 Å². The molecular formula is C19H32ClN5. The number of halogens is 1. The van der Waals surface area contributed by atoms with E-state index < -0.39 is 0 Å². The van der Waals surface area contributed by atoms with Crippen LogP contribution in [-0.2, 0) is 6.42 Å². The topological polar surface area (TPSA) is 42.9 Å². The summed E-state index contributed by atoms with van der Waals surface area (Å²) in [6, 6.07) is 8.00. The highest BCUT2D eigenvalue weighted by Crippen LogP contribution is 2.10. The van der Waals surface area contributed by atoms with Crippen LogP contribution in [0.25, 0.3) is 0 Å². The normalized spacial score (nSPS) is 18.2. The van der Waals surface area contributed by atoms with E-state index in [4.69, 9.17) is 11.6 Å². The number of nitrogens with one attached hydrogen (secondary N) is 2. The number of hydrogen-bond donors (Lipinski definition) is 2. The number of nitrogens with zero attached hydrogens (tertiary/aromatic N) is 3. The number of piperazine rings is 1. The minimum Gasteiger partial charge on any atom is -0.356 e. The third kappa shape index (κ3) is 7.63. The molecular weight excluding hydrogens is 334 g/mol. The molecule has 2 rings (SSSR count). The second-order valence-corrected chi connectivity index (χ2v) is 7.41. The Labute approximate surface area is 157 Å². The first-order valence-corrected chi connectivity index (χ1v) is 9.54. The van der Waals surface area contributed by atoms with Crippen molar-refractivity contribution in [3.63, 3.8) is 0 Å². The molecule has 1 heterocycles. The fourth-order valence-corrected chi connectivity index (χ4v) is 3.26. The molecule has 1 atom stereocenters. The van der Waals surface area contributed by atoms with Crippen LogP contribution >= 0.6 is 11.6 Å². The molecule has 1 unspecified atom stereocenters. The van der Waals surface area contributed by atoms with Gasteiger partial charge in [0, 0.05) is 57.9 Å². The maximum absolute atomic E-state index is 6.02. The number of guanidine groups is 1. The average Bonchev–Trinajstić information content (AvgIpc) is 2.60. The van der Waals surface area contributed by atoms with Crippen LogP contribution in [0.15, 0.2) is 29.3 Å². The van der Waals surface area contributed by atoms with Gasteiger partial charge in [-0.3, -0.25) is 4.99 Å². The maximum Gasteiger partial charge on any atom is 0.190 e. The van der Waals surface area contributed by atoms with E-state index in [1.165, 1.54) is 31.7 Å². The molecule has 0 bridgehead atoms. The van der Waals surface area contributed by atoms with E-state index in [0.29, 0.717) is 5.92 Å². The van der Waals surface area contributed by atoms with Crippen LogP contribution in [0.5, 0.6) is 0 Å². The lowest BCUT2D eigenvalue weighted by molar-refractivity contribution is 0.139. The molecule has 140 valence electrons. The zero-order chi connectivity index (χ0) is 18.1. The Morgan fingerprint density at radius 3 is 2.68 bits per heavy atom. The van der Waals surface area contributed by atoms with Gasteiger partial charge in [-0.15, -0.1) is 0 Å². The smallest absolute Gasteiger partial charge is 0.190 e. The van der Waals surface area contributed by atoms with E-state index in [2.05, 4.69) is 45.5 Å². The lowest BCUT2D eigenvalue weighted by Gasteiger charge is -2.34. The summed E-state index contributed by atoms with van der Waals surface area (Å²) in [7, 11) is 4.02. The quantitative estimate of drug-likeness (QED) is 0.572. The summed E-state index contributed by atoms with van der Waals surface area (Å²) >= 11 is 6.02. The molecule has 0 radical (unpaired) electrons. The average molecular weight is 366 g/mol. The highest BCUT2D eigenvalue weighted by molar-refractivity contribution is 6.30. The van der Waals surface area contributed by atoms with E-state index >= 15 is 0 Å². The van der Waals surface area contributed by atoms with Gasteiger partial charge in [-0.1, -0.05) is 30.7 Å².